The van der Waals surface area contributed by atoms with Gasteiger partial charge in [-0.1, -0.05) is 12.8 Å². The maximum atomic E-state index is 13.3. The van der Waals surface area contributed by atoms with Crippen molar-refractivity contribution in [1.29, 1.82) is 0 Å². The molecule has 6 rings (SSSR count). The van der Waals surface area contributed by atoms with E-state index in [4.69, 9.17) is 4.74 Å². The second-order valence-electron chi connectivity index (χ2n) is 10.6. The van der Waals surface area contributed by atoms with Crippen molar-refractivity contribution in [2.45, 2.75) is 43.7 Å². The van der Waals surface area contributed by atoms with Crippen LogP contribution >= 0.6 is 0 Å². The van der Waals surface area contributed by atoms with Crippen molar-refractivity contribution in [1.82, 2.24) is 19.4 Å². The first kappa shape index (κ1) is 22.6. The first-order valence-corrected chi connectivity index (χ1v) is 12.7. The van der Waals surface area contributed by atoms with Crippen molar-refractivity contribution in [3.63, 3.8) is 0 Å². The highest BCUT2D eigenvalue weighted by atomic mass is 16.5. The molecule has 0 bridgehead atoms. The van der Waals surface area contributed by atoms with E-state index < -0.39 is 0 Å². The van der Waals surface area contributed by atoms with Gasteiger partial charge in [0.05, 0.1) is 25.3 Å². The van der Waals surface area contributed by atoms with Gasteiger partial charge in [0.1, 0.15) is 5.75 Å². The summed E-state index contributed by atoms with van der Waals surface area (Å²) in [6, 6.07) is 10.2. The molecule has 2 aromatic heterocycles. The third-order valence-electron chi connectivity index (χ3n) is 8.56. The van der Waals surface area contributed by atoms with Gasteiger partial charge in [0.15, 0.2) is 0 Å². The largest absolute Gasteiger partial charge is 0.497 e. The SMILES string of the molecule is COc1ccc2c3c(n(C)c2c1)[C@@H](CO)N(Cc1ccncc1)CC31CN(C(=O)C2CCCC2)C1. The first-order valence-electron chi connectivity index (χ1n) is 12.7. The number of pyridine rings is 1. The molecule has 3 aromatic rings. The molecule has 2 aliphatic heterocycles. The molecule has 4 heterocycles. The molecule has 1 amide bonds. The van der Waals surface area contributed by atoms with E-state index in [2.05, 4.69) is 38.5 Å². The van der Waals surface area contributed by atoms with Crippen molar-refractivity contribution in [3.8, 4) is 5.75 Å². The number of benzene rings is 1. The molecule has 1 aliphatic carbocycles. The van der Waals surface area contributed by atoms with Crippen LogP contribution in [-0.2, 0) is 23.8 Å². The Labute approximate surface area is 206 Å². The van der Waals surface area contributed by atoms with Crippen LogP contribution in [0.4, 0.5) is 0 Å². The summed E-state index contributed by atoms with van der Waals surface area (Å²) < 4.78 is 7.76. The van der Waals surface area contributed by atoms with Crippen LogP contribution in [-0.4, -0.2) is 63.7 Å². The van der Waals surface area contributed by atoms with E-state index in [0.29, 0.717) is 5.91 Å². The molecule has 7 nitrogen and oxygen atoms in total. The van der Waals surface area contributed by atoms with Crippen LogP contribution in [0, 0.1) is 5.92 Å². The molecule has 1 saturated carbocycles. The van der Waals surface area contributed by atoms with E-state index in [1.54, 1.807) is 7.11 Å². The lowest BCUT2D eigenvalue weighted by molar-refractivity contribution is -0.145. The maximum Gasteiger partial charge on any atom is 0.225 e. The number of ether oxygens (including phenoxy) is 1. The molecule has 1 N–H and O–H groups in total. The van der Waals surface area contributed by atoms with Crippen LogP contribution in [0.2, 0.25) is 0 Å². The summed E-state index contributed by atoms with van der Waals surface area (Å²) in [5.41, 5.74) is 4.60. The number of hydrogen-bond donors (Lipinski definition) is 1. The topological polar surface area (TPSA) is 70.8 Å². The van der Waals surface area contributed by atoms with Gasteiger partial charge in [-0.3, -0.25) is 14.7 Å². The zero-order valence-electron chi connectivity index (χ0n) is 20.6. The lowest BCUT2D eigenvalue weighted by Crippen LogP contribution is -2.68. The summed E-state index contributed by atoms with van der Waals surface area (Å²) in [4.78, 5) is 21.9. The highest BCUT2D eigenvalue weighted by molar-refractivity contribution is 5.90. The Bertz CT molecular complexity index is 1240. The van der Waals surface area contributed by atoms with Crippen molar-refractivity contribution in [2.24, 2.45) is 13.0 Å². The van der Waals surface area contributed by atoms with Gasteiger partial charge in [0.2, 0.25) is 5.91 Å². The third-order valence-corrected chi connectivity index (χ3v) is 8.56. The normalized spacial score (nSPS) is 21.9. The number of aryl methyl sites for hydroxylation is 1. The van der Waals surface area contributed by atoms with Gasteiger partial charge in [-0.25, -0.2) is 0 Å². The van der Waals surface area contributed by atoms with Gasteiger partial charge in [-0.15, -0.1) is 0 Å². The smallest absolute Gasteiger partial charge is 0.225 e. The molecular weight excluding hydrogens is 440 g/mol. The van der Waals surface area contributed by atoms with Crippen LogP contribution in [0.1, 0.15) is 48.5 Å². The Kier molecular flexibility index (Phi) is 5.57. The van der Waals surface area contributed by atoms with Gasteiger partial charge in [0, 0.05) is 74.1 Å². The number of nitrogens with zero attached hydrogens (tertiary/aromatic N) is 4. The van der Waals surface area contributed by atoms with Crippen LogP contribution in [0.25, 0.3) is 10.9 Å². The average molecular weight is 475 g/mol. The Hall–Kier alpha value is -2.90. The molecule has 0 radical (unpaired) electrons. The number of carbonyl (C=O) groups excluding carboxylic acids is 1. The Morgan fingerprint density at radius 3 is 2.57 bits per heavy atom. The summed E-state index contributed by atoms with van der Waals surface area (Å²) in [5.74, 6) is 1.36. The van der Waals surface area contributed by atoms with Crippen molar-refractivity contribution >= 4 is 16.8 Å². The second kappa shape index (κ2) is 8.64. The maximum absolute atomic E-state index is 13.3. The van der Waals surface area contributed by atoms with E-state index in [9.17, 15) is 9.90 Å². The van der Waals surface area contributed by atoms with Crippen molar-refractivity contribution in [3.05, 3.63) is 59.5 Å². The number of likely N-dealkylation sites (tertiary alicyclic amines) is 1. The standard InChI is InChI=1S/C28H34N4O3/c1-30-23-13-21(35-2)7-8-22(23)25-26(30)24(15-33)31(14-19-9-11-29-12-10-19)16-28(25)17-32(18-28)27(34)20-5-3-4-6-20/h7-13,20,24,33H,3-6,14-18H2,1-2H3/t24-/m1/s1. The van der Waals surface area contributed by atoms with E-state index in [1.807, 2.05) is 30.6 Å². The quantitative estimate of drug-likeness (QED) is 0.614. The average Bonchev–Trinajstić information content (AvgIpc) is 3.50. The minimum atomic E-state index is -0.142. The number of amides is 1. The molecule has 35 heavy (non-hydrogen) atoms. The number of rotatable bonds is 5. The summed E-state index contributed by atoms with van der Waals surface area (Å²) in [6.07, 6.45) is 8.04. The Morgan fingerprint density at radius 2 is 1.89 bits per heavy atom. The van der Waals surface area contributed by atoms with Crippen molar-refractivity contribution < 1.29 is 14.6 Å². The van der Waals surface area contributed by atoms with Crippen molar-refractivity contribution in [2.75, 3.05) is 33.4 Å². The van der Waals surface area contributed by atoms with E-state index in [0.717, 1.165) is 56.0 Å². The number of aromatic nitrogens is 2. The molecule has 3 aliphatic rings. The number of hydrogen-bond acceptors (Lipinski definition) is 5. The summed E-state index contributed by atoms with van der Waals surface area (Å²) in [7, 11) is 3.78. The fraction of sp³-hybridized carbons (Fsp3) is 0.500. The minimum absolute atomic E-state index is 0.0418. The molecule has 7 heteroatoms. The highest BCUT2D eigenvalue weighted by Gasteiger charge is 2.55. The summed E-state index contributed by atoms with van der Waals surface area (Å²) in [5, 5.41) is 11.8. The number of methoxy groups -OCH3 is 1. The second-order valence-corrected chi connectivity index (χ2v) is 10.6. The molecule has 1 aromatic carbocycles. The molecular formula is C28H34N4O3. The van der Waals surface area contributed by atoms with Crippen LogP contribution in [0.15, 0.2) is 42.7 Å². The Morgan fingerprint density at radius 1 is 1.14 bits per heavy atom. The van der Waals surface area contributed by atoms with Crippen LogP contribution < -0.4 is 4.74 Å². The number of aliphatic hydroxyl groups is 1. The fourth-order valence-corrected chi connectivity index (χ4v) is 6.88. The van der Waals surface area contributed by atoms with Gasteiger partial charge >= 0.3 is 0 Å². The molecule has 1 spiro atoms. The molecule has 2 fully saturated rings. The van der Waals surface area contributed by atoms with E-state index in [1.165, 1.54) is 29.4 Å². The lowest BCUT2D eigenvalue weighted by atomic mass is 9.68. The highest BCUT2D eigenvalue weighted by Crippen LogP contribution is 2.50. The Balaban J connectivity index is 1.43. The molecule has 1 saturated heterocycles. The number of aliphatic hydroxyl groups excluding tert-OH is 1. The number of carbonyl (C=O) groups is 1. The van der Waals surface area contributed by atoms with Crippen LogP contribution in [0.3, 0.4) is 0 Å². The molecule has 184 valence electrons. The predicted octanol–water partition coefficient (Wildman–Crippen LogP) is 3.40. The van der Waals surface area contributed by atoms with E-state index >= 15 is 0 Å². The van der Waals surface area contributed by atoms with Crippen LogP contribution in [0.5, 0.6) is 5.75 Å². The zero-order chi connectivity index (χ0) is 24.2. The number of fused-ring (bicyclic) bond motifs is 4. The summed E-state index contributed by atoms with van der Waals surface area (Å²) in [6.45, 7) is 3.07. The first-order chi connectivity index (χ1) is 17.0. The third kappa shape index (κ3) is 3.55. The molecule has 0 unspecified atom stereocenters. The van der Waals surface area contributed by atoms with Gasteiger partial charge < -0.3 is 19.3 Å². The molecule has 1 atom stereocenters. The monoisotopic (exact) mass is 474 g/mol. The van der Waals surface area contributed by atoms with Gasteiger partial charge in [-0.05, 0) is 48.2 Å². The van der Waals surface area contributed by atoms with E-state index in [-0.39, 0.29) is 24.0 Å². The van der Waals surface area contributed by atoms with Gasteiger partial charge in [-0.2, -0.15) is 0 Å². The minimum Gasteiger partial charge on any atom is -0.497 e. The lowest BCUT2D eigenvalue weighted by Gasteiger charge is -2.57. The van der Waals surface area contributed by atoms with Gasteiger partial charge in [0.25, 0.3) is 0 Å². The summed E-state index contributed by atoms with van der Waals surface area (Å²) >= 11 is 0. The predicted molar refractivity (Wildman–Crippen MR) is 134 cm³/mol. The fourth-order valence-electron chi connectivity index (χ4n) is 6.88. The zero-order valence-corrected chi connectivity index (χ0v) is 20.6.